The molecule has 0 bridgehead atoms. The number of carbonyl (C=O) groups is 1. The van der Waals surface area contributed by atoms with Crippen molar-refractivity contribution in [2.24, 2.45) is 0 Å². The average molecular weight is 281 g/mol. The first-order valence-corrected chi connectivity index (χ1v) is 6.17. The van der Waals surface area contributed by atoms with Crippen molar-refractivity contribution in [2.75, 3.05) is 0 Å². The van der Waals surface area contributed by atoms with E-state index in [4.69, 9.17) is 16.9 Å². The lowest BCUT2D eigenvalue weighted by atomic mass is 9.95. The lowest BCUT2D eigenvalue weighted by molar-refractivity contribution is 0.0981. The molecule has 1 atom stereocenters. The smallest absolute Gasteiger partial charge is 0.196 e. The number of nitrogens with zero attached hydrogens (tertiary/aromatic N) is 2. The highest BCUT2D eigenvalue weighted by molar-refractivity contribution is 7.11. The fraction of sp³-hybridized carbons (Fsp3) is 0.0833. The van der Waals surface area contributed by atoms with E-state index in [1.165, 1.54) is 29.9 Å². The molecular formula is C12H6ClFN2OS. The minimum Gasteiger partial charge on any atom is -0.291 e. The van der Waals surface area contributed by atoms with E-state index in [2.05, 4.69) is 4.98 Å². The minimum absolute atomic E-state index is 0.0689. The summed E-state index contributed by atoms with van der Waals surface area (Å²) in [6.45, 7) is 0. The van der Waals surface area contributed by atoms with Gasteiger partial charge in [0.25, 0.3) is 0 Å². The first kappa shape index (κ1) is 12.7. The second kappa shape index (κ2) is 5.25. The Balaban J connectivity index is 2.47. The zero-order valence-corrected chi connectivity index (χ0v) is 10.5. The van der Waals surface area contributed by atoms with Gasteiger partial charge in [-0.05, 0) is 12.1 Å². The average Bonchev–Trinajstić information content (AvgIpc) is 2.87. The number of hydrogen-bond acceptors (Lipinski definition) is 4. The second-order valence-electron chi connectivity index (χ2n) is 3.43. The number of benzene rings is 1. The summed E-state index contributed by atoms with van der Waals surface area (Å²) in [5, 5.41) is 9.15. The number of aromatic nitrogens is 1. The molecule has 0 saturated heterocycles. The van der Waals surface area contributed by atoms with Crippen LogP contribution in [0.1, 0.15) is 21.2 Å². The molecule has 0 N–H and O–H groups in total. The molecule has 1 unspecified atom stereocenters. The molecule has 18 heavy (non-hydrogen) atoms. The topological polar surface area (TPSA) is 53.8 Å². The van der Waals surface area contributed by atoms with E-state index in [1.807, 2.05) is 0 Å². The summed E-state index contributed by atoms with van der Waals surface area (Å²) in [6, 6.07) is 5.84. The zero-order valence-electron chi connectivity index (χ0n) is 8.93. The number of carbonyl (C=O) groups excluding carboxylic acids is 1. The molecular weight excluding hydrogens is 275 g/mol. The van der Waals surface area contributed by atoms with E-state index in [-0.39, 0.29) is 10.6 Å². The van der Waals surface area contributed by atoms with Gasteiger partial charge in [-0.25, -0.2) is 4.39 Å². The van der Waals surface area contributed by atoms with Crippen LogP contribution in [0.4, 0.5) is 4.39 Å². The van der Waals surface area contributed by atoms with Crippen LogP contribution in [-0.4, -0.2) is 10.8 Å². The summed E-state index contributed by atoms with van der Waals surface area (Å²) in [4.78, 5) is 16.1. The summed E-state index contributed by atoms with van der Waals surface area (Å²) in [7, 11) is 0. The monoisotopic (exact) mass is 280 g/mol. The Bertz CT molecular complexity index is 601. The molecule has 0 aliphatic rings. The third kappa shape index (κ3) is 2.26. The summed E-state index contributed by atoms with van der Waals surface area (Å²) < 4.78 is 13.7. The van der Waals surface area contributed by atoms with Crippen LogP contribution in [-0.2, 0) is 0 Å². The van der Waals surface area contributed by atoms with Crippen LogP contribution in [0.2, 0.25) is 5.02 Å². The number of nitriles is 1. The van der Waals surface area contributed by atoms with Gasteiger partial charge in [-0.1, -0.05) is 17.7 Å². The van der Waals surface area contributed by atoms with Crippen molar-refractivity contribution in [3.05, 3.63) is 51.2 Å². The van der Waals surface area contributed by atoms with Crippen LogP contribution in [0.15, 0.2) is 29.9 Å². The van der Waals surface area contributed by atoms with Crippen molar-refractivity contribution in [3.63, 3.8) is 0 Å². The normalized spacial score (nSPS) is 11.8. The van der Waals surface area contributed by atoms with Gasteiger partial charge in [0.2, 0.25) is 0 Å². The Morgan fingerprint density at radius 2 is 2.33 bits per heavy atom. The number of thiazole rings is 1. The molecule has 0 aliphatic carbocycles. The van der Waals surface area contributed by atoms with Gasteiger partial charge in [0.15, 0.2) is 5.78 Å². The maximum atomic E-state index is 13.7. The summed E-state index contributed by atoms with van der Waals surface area (Å²) in [5.74, 6) is -2.40. The van der Waals surface area contributed by atoms with Gasteiger partial charge in [-0.2, -0.15) is 5.26 Å². The predicted molar refractivity (Wildman–Crippen MR) is 66.2 cm³/mol. The number of ketones is 1. The van der Waals surface area contributed by atoms with Crippen LogP contribution in [0, 0.1) is 17.1 Å². The lowest BCUT2D eigenvalue weighted by Gasteiger charge is -2.10. The Labute approximate surface area is 111 Å². The SMILES string of the molecule is N#CC(C(=O)c1cncs1)c1c(F)cccc1Cl. The molecule has 0 aliphatic heterocycles. The molecule has 2 aromatic rings. The standard InChI is InChI=1S/C12H6ClFN2OS/c13-8-2-1-3-9(14)11(8)7(4-15)12(17)10-5-16-6-18-10/h1-3,5-7H. The number of halogens is 2. The number of rotatable bonds is 3. The molecule has 90 valence electrons. The molecule has 0 spiro atoms. The Morgan fingerprint density at radius 3 is 2.89 bits per heavy atom. The third-order valence-corrected chi connectivity index (χ3v) is 3.47. The van der Waals surface area contributed by atoms with Gasteiger partial charge in [-0.15, -0.1) is 11.3 Å². The second-order valence-corrected chi connectivity index (χ2v) is 4.72. The molecule has 0 saturated carbocycles. The van der Waals surface area contributed by atoms with E-state index in [9.17, 15) is 9.18 Å². The summed E-state index contributed by atoms with van der Waals surface area (Å²) >= 11 is 6.96. The molecule has 0 amide bonds. The molecule has 1 aromatic carbocycles. The van der Waals surface area contributed by atoms with Gasteiger partial charge in [0.1, 0.15) is 11.7 Å². The first-order valence-electron chi connectivity index (χ1n) is 4.91. The summed E-state index contributed by atoms with van der Waals surface area (Å²) in [5.41, 5.74) is 1.39. The Kier molecular flexibility index (Phi) is 3.70. The van der Waals surface area contributed by atoms with Gasteiger partial charge < -0.3 is 0 Å². The predicted octanol–water partition coefficient (Wildman–Crippen LogP) is 3.43. The van der Waals surface area contributed by atoms with Crippen molar-refractivity contribution in [1.29, 1.82) is 5.26 Å². The molecule has 6 heteroatoms. The largest absolute Gasteiger partial charge is 0.291 e. The Hall–Kier alpha value is -1.77. The van der Waals surface area contributed by atoms with Crippen molar-refractivity contribution in [1.82, 2.24) is 4.98 Å². The molecule has 0 fully saturated rings. The van der Waals surface area contributed by atoms with E-state index in [0.717, 1.165) is 11.3 Å². The van der Waals surface area contributed by atoms with Gasteiger partial charge in [-0.3, -0.25) is 9.78 Å². The van der Waals surface area contributed by atoms with E-state index in [0.29, 0.717) is 4.88 Å². The molecule has 0 radical (unpaired) electrons. The van der Waals surface area contributed by atoms with E-state index in [1.54, 1.807) is 6.07 Å². The summed E-state index contributed by atoms with van der Waals surface area (Å²) in [6.07, 6.45) is 1.35. The van der Waals surface area contributed by atoms with Crippen LogP contribution >= 0.6 is 22.9 Å². The van der Waals surface area contributed by atoms with Crippen molar-refractivity contribution in [2.45, 2.75) is 5.92 Å². The van der Waals surface area contributed by atoms with Crippen LogP contribution in [0.5, 0.6) is 0 Å². The fourth-order valence-corrected chi connectivity index (χ4v) is 2.38. The highest BCUT2D eigenvalue weighted by atomic mass is 35.5. The molecule has 2 rings (SSSR count). The quantitative estimate of drug-likeness (QED) is 0.810. The third-order valence-electron chi connectivity index (χ3n) is 2.35. The van der Waals surface area contributed by atoms with Crippen LogP contribution in [0.25, 0.3) is 0 Å². The van der Waals surface area contributed by atoms with E-state index >= 15 is 0 Å². The maximum absolute atomic E-state index is 13.7. The van der Waals surface area contributed by atoms with Crippen LogP contribution in [0.3, 0.4) is 0 Å². The molecule has 1 aromatic heterocycles. The number of Topliss-reactive ketones (excluding diaryl/α,β-unsaturated/α-hetero) is 1. The molecule has 3 nitrogen and oxygen atoms in total. The van der Waals surface area contributed by atoms with Crippen molar-refractivity contribution >= 4 is 28.7 Å². The highest BCUT2D eigenvalue weighted by Gasteiger charge is 2.27. The van der Waals surface area contributed by atoms with Crippen LogP contribution < -0.4 is 0 Å². The Morgan fingerprint density at radius 1 is 1.56 bits per heavy atom. The maximum Gasteiger partial charge on any atom is 0.196 e. The minimum atomic E-state index is -1.25. The van der Waals surface area contributed by atoms with Crippen molar-refractivity contribution < 1.29 is 9.18 Å². The van der Waals surface area contributed by atoms with Crippen molar-refractivity contribution in [3.8, 4) is 6.07 Å². The lowest BCUT2D eigenvalue weighted by Crippen LogP contribution is -2.12. The van der Waals surface area contributed by atoms with Gasteiger partial charge >= 0.3 is 0 Å². The highest BCUT2D eigenvalue weighted by Crippen LogP contribution is 2.30. The van der Waals surface area contributed by atoms with Gasteiger partial charge in [0.05, 0.1) is 16.5 Å². The zero-order chi connectivity index (χ0) is 13.1. The molecule has 1 heterocycles. The fourth-order valence-electron chi connectivity index (χ4n) is 1.52. The van der Waals surface area contributed by atoms with Gasteiger partial charge in [0, 0.05) is 16.8 Å². The van der Waals surface area contributed by atoms with E-state index < -0.39 is 17.5 Å². The number of hydrogen-bond donors (Lipinski definition) is 0. The first-order chi connectivity index (χ1) is 8.65.